The Bertz CT molecular complexity index is 782. The van der Waals surface area contributed by atoms with Gasteiger partial charge in [0.1, 0.15) is 16.9 Å². The molecule has 0 spiro atoms. The van der Waals surface area contributed by atoms with Crippen LogP contribution in [0.2, 0.25) is 0 Å². The minimum atomic E-state index is -0.729. The lowest BCUT2D eigenvalue weighted by Crippen LogP contribution is -2.48. The van der Waals surface area contributed by atoms with E-state index in [0.29, 0.717) is 19.1 Å². The van der Waals surface area contributed by atoms with Gasteiger partial charge in [0.25, 0.3) is 5.91 Å². The molecular weight excluding hydrogens is 340 g/mol. The molecule has 0 radical (unpaired) electrons. The average Bonchev–Trinajstić information content (AvgIpc) is 2.69. The molecule has 1 heterocycles. The van der Waals surface area contributed by atoms with Gasteiger partial charge in [-0.3, -0.25) is 9.78 Å². The summed E-state index contributed by atoms with van der Waals surface area (Å²) in [5.41, 5.74) is 0.795. The molecule has 5 heteroatoms. The summed E-state index contributed by atoms with van der Waals surface area (Å²) < 4.78 is 11.8. The van der Waals surface area contributed by atoms with E-state index in [-0.39, 0.29) is 5.91 Å². The number of hydrogen-bond donors (Lipinski definition) is 1. The predicted octanol–water partition coefficient (Wildman–Crippen LogP) is 4.95. The molecule has 5 nitrogen and oxygen atoms in total. The summed E-state index contributed by atoms with van der Waals surface area (Å²) in [4.78, 5) is 17.7. The number of amides is 1. The highest BCUT2D eigenvalue weighted by atomic mass is 16.5. The summed E-state index contributed by atoms with van der Waals surface area (Å²) in [5, 5.41) is 4.00. The molecule has 0 aliphatic heterocycles. The molecule has 0 unspecified atom stereocenters. The third-order valence-corrected chi connectivity index (χ3v) is 5.36. The molecule has 1 aromatic heterocycles. The van der Waals surface area contributed by atoms with Crippen LogP contribution in [-0.2, 0) is 9.53 Å². The number of rotatable bonds is 7. The quantitative estimate of drug-likeness (QED) is 0.749. The Labute approximate surface area is 161 Å². The number of fused-ring (bicyclic) bond motifs is 1. The van der Waals surface area contributed by atoms with E-state index in [1.54, 1.807) is 6.20 Å². The molecule has 3 rings (SSSR count). The first kappa shape index (κ1) is 19.6. The van der Waals surface area contributed by atoms with Crippen LogP contribution in [0, 0.1) is 5.92 Å². The van der Waals surface area contributed by atoms with E-state index in [1.807, 2.05) is 31.2 Å². The number of nitrogens with one attached hydrogen (secondary N) is 1. The summed E-state index contributed by atoms with van der Waals surface area (Å²) in [6.07, 6.45) is 6.24. The Morgan fingerprint density at radius 3 is 2.74 bits per heavy atom. The summed E-state index contributed by atoms with van der Waals surface area (Å²) in [6.45, 7) is 7.44. The second kappa shape index (κ2) is 8.70. The van der Waals surface area contributed by atoms with Crippen LogP contribution >= 0.6 is 0 Å². The largest absolute Gasteiger partial charge is 0.491 e. The van der Waals surface area contributed by atoms with Crippen LogP contribution in [0.1, 0.15) is 52.9 Å². The van der Waals surface area contributed by atoms with E-state index in [0.717, 1.165) is 54.4 Å². The number of carbonyl (C=O) groups excluding carboxylic acids is 1. The Morgan fingerprint density at radius 2 is 2.04 bits per heavy atom. The number of anilines is 1. The molecule has 1 aliphatic carbocycles. The molecule has 0 atom stereocenters. The molecule has 1 amide bonds. The highest BCUT2D eigenvalue weighted by Crippen LogP contribution is 2.37. The van der Waals surface area contributed by atoms with E-state index in [1.165, 1.54) is 0 Å². The molecule has 1 N–H and O–H groups in total. The molecule has 146 valence electrons. The molecule has 27 heavy (non-hydrogen) atoms. The van der Waals surface area contributed by atoms with Crippen LogP contribution in [-0.4, -0.2) is 29.7 Å². The number of ether oxygens (including phenoxy) is 2. The number of benzene rings is 1. The molecule has 1 aliphatic rings. The zero-order chi connectivity index (χ0) is 19.3. The van der Waals surface area contributed by atoms with E-state index < -0.39 is 5.60 Å². The van der Waals surface area contributed by atoms with Crippen molar-refractivity contribution in [2.75, 3.05) is 18.5 Å². The number of aromatic nitrogens is 1. The van der Waals surface area contributed by atoms with Gasteiger partial charge in [0.15, 0.2) is 0 Å². The van der Waals surface area contributed by atoms with Gasteiger partial charge in [0.2, 0.25) is 0 Å². The van der Waals surface area contributed by atoms with Crippen molar-refractivity contribution in [3.63, 3.8) is 0 Å². The fraction of sp³-hybridized carbons (Fsp3) is 0.545. The van der Waals surface area contributed by atoms with Gasteiger partial charge in [-0.15, -0.1) is 0 Å². The van der Waals surface area contributed by atoms with Crippen LogP contribution < -0.4 is 10.1 Å². The summed E-state index contributed by atoms with van der Waals surface area (Å²) in [7, 11) is 0. The van der Waals surface area contributed by atoms with Crippen LogP contribution in [0.3, 0.4) is 0 Å². The lowest BCUT2D eigenvalue weighted by atomic mass is 9.78. The van der Waals surface area contributed by atoms with E-state index in [4.69, 9.17) is 9.47 Å². The molecule has 1 saturated carbocycles. The SMILES string of the molecule is CCCOc1ccc(NC(=O)C2(OCC)CCC(C)CC2)c2cccnc12. The minimum Gasteiger partial charge on any atom is -0.491 e. The topological polar surface area (TPSA) is 60.5 Å². The highest BCUT2D eigenvalue weighted by Gasteiger charge is 2.42. The fourth-order valence-electron chi connectivity index (χ4n) is 3.76. The predicted molar refractivity (Wildman–Crippen MR) is 108 cm³/mol. The van der Waals surface area contributed by atoms with E-state index in [2.05, 4.69) is 24.1 Å². The van der Waals surface area contributed by atoms with Crippen molar-refractivity contribution >= 4 is 22.5 Å². The molecule has 0 saturated heterocycles. The van der Waals surface area contributed by atoms with Crippen LogP contribution in [0.15, 0.2) is 30.5 Å². The first-order valence-electron chi connectivity index (χ1n) is 10.1. The maximum absolute atomic E-state index is 13.2. The molecule has 2 aromatic rings. The maximum atomic E-state index is 13.2. The third kappa shape index (κ3) is 4.24. The smallest absolute Gasteiger partial charge is 0.256 e. The number of nitrogens with zero attached hydrogens (tertiary/aromatic N) is 1. The summed E-state index contributed by atoms with van der Waals surface area (Å²) >= 11 is 0. The van der Waals surface area contributed by atoms with Gasteiger partial charge in [0.05, 0.1) is 12.3 Å². The van der Waals surface area contributed by atoms with Gasteiger partial charge >= 0.3 is 0 Å². The number of carbonyl (C=O) groups is 1. The van der Waals surface area contributed by atoms with Gasteiger partial charge in [-0.2, -0.15) is 0 Å². The molecule has 0 bridgehead atoms. The Morgan fingerprint density at radius 1 is 1.26 bits per heavy atom. The molecule has 1 fully saturated rings. The third-order valence-electron chi connectivity index (χ3n) is 5.36. The monoisotopic (exact) mass is 370 g/mol. The maximum Gasteiger partial charge on any atom is 0.256 e. The van der Waals surface area contributed by atoms with E-state index >= 15 is 0 Å². The first-order chi connectivity index (χ1) is 13.1. The van der Waals surface area contributed by atoms with Crippen LogP contribution in [0.4, 0.5) is 5.69 Å². The lowest BCUT2D eigenvalue weighted by Gasteiger charge is -2.37. The van der Waals surface area contributed by atoms with Crippen molar-refractivity contribution in [1.82, 2.24) is 4.98 Å². The average molecular weight is 370 g/mol. The summed E-state index contributed by atoms with van der Waals surface area (Å²) in [6, 6.07) is 7.63. The number of pyridine rings is 1. The first-order valence-corrected chi connectivity index (χ1v) is 10.1. The van der Waals surface area contributed by atoms with Crippen LogP contribution in [0.25, 0.3) is 10.9 Å². The minimum absolute atomic E-state index is 0.0522. The lowest BCUT2D eigenvalue weighted by molar-refractivity contribution is -0.146. The summed E-state index contributed by atoms with van der Waals surface area (Å²) in [5.74, 6) is 1.34. The standard InChI is InChI=1S/C22H30N2O3/c1-4-15-26-19-9-8-18(17-7-6-14-23-20(17)19)24-21(25)22(27-5-2)12-10-16(3)11-13-22/h6-9,14,16H,4-5,10-13,15H2,1-3H3,(H,24,25). The normalized spacial score (nSPS) is 22.6. The number of hydrogen-bond acceptors (Lipinski definition) is 4. The second-order valence-electron chi connectivity index (χ2n) is 7.42. The fourth-order valence-corrected chi connectivity index (χ4v) is 3.76. The van der Waals surface area contributed by atoms with Crippen molar-refractivity contribution in [2.24, 2.45) is 5.92 Å². The van der Waals surface area contributed by atoms with E-state index in [9.17, 15) is 4.79 Å². The Hall–Kier alpha value is -2.14. The van der Waals surface area contributed by atoms with Crippen molar-refractivity contribution in [3.8, 4) is 5.75 Å². The van der Waals surface area contributed by atoms with Gasteiger partial charge < -0.3 is 14.8 Å². The van der Waals surface area contributed by atoms with Crippen molar-refractivity contribution in [3.05, 3.63) is 30.5 Å². The second-order valence-corrected chi connectivity index (χ2v) is 7.42. The van der Waals surface area contributed by atoms with Crippen LogP contribution in [0.5, 0.6) is 5.75 Å². The Kier molecular flexibility index (Phi) is 6.32. The van der Waals surface area contributed by atoms with Gasteiger partial charge in [-0.05, 0) is 69.2 Å². The van der Waals surface area contributed by atoms with Gasteiger partial charge in [0, 0.05) is 18.2 Å². The van der Waals surface area contributed by atoms with Gasteiger partial charge in [-0.25, -0.2) is 0 Å². The molecular formula is C22H30N2O3. The van der Waals surface area contributed by atoms with Crippen molar-refractivity contribution in [2.45, 2.75) is 58.5 Å². The highest BCUT2D eigenvalue weighted by molar-refractivity contribution is 6.05. The zero-order valence-electron chi connectivity index (χ0n) is 16.6. The van der Waals surface area contributed by atoms with Crippen molar-refractivity contribution in [1.29, 1.82) is 0 Å². The zero-order valence-corrected chi connectivity index (χ0v) is 16.6. The van der Waals surface area contributed by atoms with Gasteiger partial charge in [-0.1, -0.05) is 13.8 Å². The Balaban J connectivity index is 1.88. The van der Waals surface area contributed by atoms with Crippen molar-refractivity contribution < 1.29 is 14.3 Å². The molecule has 1 aromatic carbocycles.